The number of nitrogens with one attached hydrogen (secondary N) is 2. The van der Waals surface area contributed by atoms with Crippen LogP contribution in [-0.4, -0.2) is 44.8 Å². The topological polar surface area (TPSA) is 112 Å². The third-order valence-corrected chi connectivity index (χ3v) is 5.49. The van der Waals surface area contributed by atoms with Crippen LogP contribution in [0.25, 0.3) is 5.69 Å². The lowest BCUT2D eigenvalue weighted by atomic mass is 9.96. The minimum Gasteiger partial charge on any atom is -0.504 e. The molecule has 1 fully saturated rings. The molecular weight excluding hydrogens is 453 g/mol. The van der Waals surface area contributed by atoms with E-state index >= 15 is 0 Å². The van der Waals surface area contributed by atoms with Crippen LogP contribution >= 0.6 is 0 Å². The van der Waals surface area contributed by atoms with Crippen LogP contribution in [0.3, 0.4) is 0 Å². The quantitative estimate of drug-likeness (QED) is 0.502. The molecule has 1 aromatic carbocycles. The Kier molecular flexibility index (Phi) is 6.39. The first-order chi connectivity index (χ1) is 16.2. The molecule has 0 unspecified atom stereocenters. The summed E-state index contributed by atoms with van der Waals surface area (Å²) in [7, 11) is 0. The second kappa shape index (κ2) is 9.41. The number of benzene rings is 1. The number of rotatable bonds is 4. The summed E-state index contributed by atoms with van der Waals surface area (Å²) in [5.74, 6) is -1.51. The van der Waals surface area contributed by atoms with Gasteiger partial charge in [0.15, 0.2) is 11.4 Å². The van der Waals surface area contributed by atoms with Crippen molar-refractivity contribution in [2.45, 2.75) is 19.0 Å². The van der Waals surface area contributed by atoms with Crippen molar-refractivity contribution in [1.82, 2.24) is 25.6 Å². The number of carbonyl (C=O) groups excluding carboxylic acids is 2. The largest absolute Gasteiger partial charge is 0.504 e. The number of para-hydroxylation sites is 1. The monoisotopic (exact) mass is 474 g/mol. The summed E-state index contributed by atoms with van der Waals surface area (Å²) in [5, 5.41) is 14.1. The van der Waals surface area contributed by atoms with Gasteiger partial charge in [-0.15, -0.1) is 0 Å². The van der Waals surface area contributed by atoms with Crippen molar-refractivity contribution in [3.63, 3.8) is 0 Å². The minimum atomic E-state index is -4.45. The zero-order chi connectivity index (χ0) is 24.3. The molecule has 3 heterocycles. The fourth-order valence-corrected chi connectivity index (χ4v) is 3.63. The van der Waals surface area contributed by atoms with Crippen LogP contribution in [0, 0.1) is 5.92 Å². The van der Waals surface area contributed by atoms with Crippen molar-refractivity contribution < 1.29 is 27.9 Å². The fourth-order valence-electron chi connectivity index (χ4n) is 3.63. The zero-order valence-electron chi connectivity index (χ0n) is 17.8. The third-order valence-electron chi connectivity index (χ3n) is 5.49. The summed E-state index contributed by atoms with van der Waals surface area (Å²) >= 11 is 0. The van der Waals surface area contributed by atoms with Gasteiger partial charge in [-0.1, -0.05) is 18.2 Å². The third kappa shape index (κ3) is 5.11. The lowest BCUT2D eigenvalue weighted by Gasteiger charge is -2.32. The summed E-state index contributed by atoms with van der Waals surface area (Å²) in [6.45, 7) is 0.847. The van der Waals surface area contributed by atoms with Crippen molar-refractivity contribution in [2.75, 3.05) is 18.0 Å². The average Bonchev–Trinajstić information content (AvgIpc) is 3.24. The Bertz CT molecular complexity index is 1160. The second-order valence-corrected chi connectivity index (χ2v) is 7.75. The molecule has 3 N–H and O–H groups in total. The number of hydrogen-bond donors (Lipinski definition) is 3. The van der Waals surface area contributed by atoms with Crippen LogP contribution in [0.4, 0.5) is 19.0 Å². The standard InChI is InChI=1S/C22H21F3N6O3/c23-22(24,25)15-6-7-18(26-12-15)30-10-8-14(9-11-30)20(33)27-28-21(34)19-17(32)13-31(29-19)16-4-2-1-3-5-16/h1-7,12-14,32H,8-11H2,(H,27,33)(H,28,34). The molecule has 34 heavy (non-hydrogen) atoms. The van der Waals surface area contributed by atoms with Gasteiger partial charge in [0.2, 0.25) is 5.91 Å². The molecule has 12 heteroatoms. The number of aromatic nitrogens is 3. The van der Waals surface area contributed by atoms with E-state index in [1.807, 2.05) is 6.07 Å². The second-order valence-electron chi connectivity index (χ2n) is 7.75. The van der Waals surface area contributed by atoms with E-state index in [0.717, 1.165) is 12.3 Å². The molecule has 2 aromatic heterocycles. The van der Waals surface area contributed by atoms with Gasteiger partial charge in [-0.05, 0) is 37.1 Å². The van der Waals surface area contributed by atoms with Crippen molar-refractivity contribution in [3.05, 3.63) is 66.1 Å². The van der Waals surface area contributed by atoms with E-state index < -0.39 is 29.5 Å². The fraction of sp³-hybridized carbons (Fsp3) is 0.273. The van der Waals surface area contributed by atoms with E-state index in [-0.39, 0.29) is 11.4 Å². The van der Waals surface area contributed by atoms with Crippen LogP contribution in [0.2, 0.25) is 0 Å². The molecule has 178 valence electrons. The maximum absolute atomic E-state index is 12.7. The van der Waals surface area contributed by atoms with Crippen LogP contribution in [0.5, 0.6) is 5.75 Å². The predicted octanol–water partition coefficient (Wildman–Crippen LogP) is 2.67. The van der Waals surface area contributed by atoms with Gasteiger partial charge >= 0.3 is 6.18 Å². The first kappa shape index (κ1) is 23.1. The number of aromatic hydroxyl groups is 1. The highest BCUT2D eigenvalue weighted by molar-refractivity contribution is 5.96. The number of anilines is 1. The average molecular weight is 474 g/mol. The number of piperidine rings is 1. The molecule has 1 saturated heterocycles. The van der Waals surface area contributed by atoms with E-state index in [1.54, 1.807) is 29.2 Å². The van der Waals surface area contributed by atoms with Crippen LogP contribution in [0.15, 0.2) is 54.9 Å². The van der Waals surface area contributed by atoms with Crippen molar-refractivity contribution in [1.29, 1.82) is 0 Å². The lowest BCUT2D eigenvalue weighted by Crippen LogP contribution is -2.47. The highest BCUT2D eigenvalue weighted by atomic mass is 19.4. The van der Waals surface area contributed by atoms with Gasteiger partial charge in [-0.2, -0.15) is 18.3 Å². The van der Waals surface area contributed by atoms with Gasteiger partial charge in [0, 0.05) is 25.2 Å². The van der Waals surface area contributed by atoms with E-state index in [0.29, 0.717) is 37.4 Å². The lowest BCUT2D eigenvalue weighted by molar-refractivity contribution is -0.137. The summed E-state index contributed by atoms with van der Waals surface area (Å²) in [6.07, 6.45) is -1.51. The molecule has 0 spiro atoms. The summed E-state index contributed by atoms with van der Waals surface area (Å²) in [6, 6.07) is 11.2. The Labute approximate surface area is 192 Å². The molecule has 1 aliphatic heterocycles. The van der Waals surface area contributed by atoms with Crippen LogP contribution in [0.1, 0.15) is 28.9 Å². The van der Waals surface area contributed by atoms with Gasteiger partial charge in [-0.3, -0.25) is 20.4 Å². The van der Waals surface area contributed by atoms with Gasteiger partial charge in [0.05, 0.1) is 17.4 Å². The van der Waals surface area contributed by atoms with Gasteiger partial charge in [0.1, 0.15) is 5.82 Å². The number of nitrogens with zero attached hydrogens (tertiary/aromatic N) is 4. The van der Waals surface area contributed by atoms with Gasteiger partial charge in [-0.25, -0.2) is 9.67 Å². The van der Waals surface area contributed by atoms with Crippen LogP contribution in [-0.2, 0) is 11.0 Å². The molecule has 0 aliphatic carbocycles. The zero-order valence-corrected chi connectivity index (χ0v) is 17.8. The van der Waals surface area contributed by atoms with E-state index in [1.165, 1.54) is 16.9 Å². The Morgan fingerprint density at radius 3 is 2.35 bits per heavy atom. The highest BCUT2D eigenvalue weighted by Crippen LogP contribution is 2.30. The maximum atomic E-state index is 12.7. The number of halogens is 3. The smallest absolute Gasteiger partial charge is 0.417 e. The van der Waals surface area contributed by atoms with Gasteiger partial charge in [0.25, 0.3) is 5.91 Å². The molecule has 0 bridgehead atoms. The number of carbonyl (C=O) groups is 2. The van der Waals surface area contributed by atoms with E-state index in [4.69, 9.17) is 0 Å². The summed E-state index contributed by atoms with van der Waals surface area (Å²) in [5.41, 5.74) is 4.19. The Morgan fingerprint density at radius 2 is 1.74 bits per heavy atom. The van der Waals surface area contributed by atoms with E-state index in [2.05, 4.69) is 20.9 Å². The van der Waals surface area contributed by atoms with E-state index in [9.17, 15) is 27.9 Å². The predicted molar refractivity (Wildman–Crippen MR) is 115 cm³/mol. The number of hydrogen-bond acceptors (Lipinski definition) is 6. The molecule has 0 saturated carbocycles. The first-order valence-corrected chi connectivity index (χ1v) is 10.4. The van der Waals surface area contributed by atoms with Gasteiger partial charge < -0.3 is 10.0 Å². The van der Waals surface area contributed by atoms with Crippen molar-refractivity contribution in [2.24, 2.45) is 5.92 Å². The molecular formula is C22H21F3N6O3. The van der Waals surface area contributed by atoms with Crippen molar-refractivity contribution >= 4 is 17.6 Å². The number of amides is 2. The molecule has 0 radical (unpaired) electrons. The summed E-state index contributed by atoms with van der Waals surface area (Å²) in [4.78, 5) is 30.5. The molecule has 0 atom stereocenters. The minimum absolute atomic E-state index is 0.243. The molecule has 1 aliphatic rings. The number of hydrazine groups is 1. The normalized spacial score (nSPS) is 14.6. The molecule has 2 amide bonds. The SMILES string of the molecule is O=C(NNC(=O)C1CCN(c2ccc(C(F)(F)F)cn2)CC1)c1nn(-c2ccccc2)cc1O. The Hall–Kier alpha value is -4.09. The Morgan fingerprint density at radius 1 is 1.03 bits per heavy atom. The summed E-state index contributed by atoms with van der Waals surface area (Å²) < 4.78 is 39.4. The molecule has 4 rings (SSSR count). The molecule has 3 aromatic rings. The number of pyridine rings is 1. The van der Waals surface area contributed by atoms with Crippen LogP contribution < -0.4 is 15.8 Å². The van der Waals surface area contributed by atoms with Crippen molar-refractivity contribution in [3.8, 4) is 11.4 Å². The maximum Gasteiger partial charge on any atom is 0.417 e. The number of alkyl halides is 3. The Balaban J connectivity index is 1.28. The first-order valence-electron chi connectivity index (χ1n) is 10.4. The highest BCUT2D eigenvalue weighted by Gasteiger charge is 2.31. The molecule has 9 nitrogen and oxygen atoms in total.